The number of amides is 2. The van der Waals surface area contributed by atoms with E-state index in [1.165, 1.54) is 4.31 Å². The molecule has 0 aliphatic carbocycles. The van der Waals surface area contributed by atoms with Gasteiger partial charge in [0.15, 0.2) is 0 Å². The van der Waals surface area contributed by atoms with Gasteiger partial charge in [-0.15, -0.1) is 0 Å². The van der Waals surface area contributed by atoms with Crippen molar-refractivity contribution in [1.29, 1.82) is 0 Å². The molecular formula is C18H20N4O4S. The van der Waals surface area contributed by atoms with Crippen molar-refractivity contribution in [2.75, 3.05) is 22.4 Å². The first-order valence-corrected chi connectivity index (χ1v) is 10.3. The van der Waals surface area contributed by atoms with E-state index < -0.39 is 21.8 Å². The van der Waals surface area contributed by atoms with Gasteiger partial charge in [0, 0.05) is 31.2 Å². The fraction of sp³-hybridized carbons (Fsp3) is 0.278. The number of aromatic nitrogens is 1. The molecule has 1 aromatic heterocycles. The Morgan fingerprint density at radius 3 is 2.74 bits per heavy atom. The summed E-state index contributed by atoms with van der Waals surface area (Å²) in [6, 6.07) is 8.55. The predicted molar refractivity (Wildman–Crippen MR) is 102 cm³/mol. The summed E-state index contributed by atoms with van der Waals surface area (Å²) in [4.78, 5) is 28.0. The number of benzene rings is 1. The standard InChI is InChI=1S/C18H20N4O4S/c1-27(25,26)22-9-3-5-14-6-7-15(10-16(14)22)21-18(24)17(23)20-12-13-4-2-8-19-11-13/h2,4,6-8,10-11H,3,5,9,12H2,1H3,(H,20,23)(H,21,24). The van der Waals surface area contributed by atoms with Gasteiger partial charge in [-0.2, -0.15) is 0 Å². The van der Waals surface area contributed by atoms with E-state index in [4.69, 9.17) is 0 Å². The minimum atomic E-state index is -3.40. The summed E-state index contributed by atoms with van der Waals surface area (Å²) in [7, 11) is -3.40. The second-order valence-corrected chi connectivity index (χ2v) is 8.19. The van der Waals surface area contributed by atoms with E-state index >= 15 is 0 Å². The number of nitrogens with one attached hydrogen (secondary N) is 2. The highest BCUT2D eigenvalue weighted by Gasteiger charge is 2.24. The first kappa shape index (κ1) is 18.8. The van der Waals surface area contributed by atoms with Crippen LogP contribution in [-0.4, -0.2) is 38.0 Å². The van der Waals surface area contributed by atoms with Crippen LogP contribution < -0.4 is 14.9 Å². The van der Waals surface area contributed by atoms with Crippen molar-refractivity contribution in [2.24, 2.45) is 0 Å². The molecule has 1 aliphatic rings. The molecule has 142 valence electrons. The predicted octanol–water partition coefficient (Wildman–Crippen LogP) is 1.05. The smallest absolute Gasteiger partial charge is 0.313 e. The highest BCUT2D eigenvalue weighted by atomic mass is 32.2. The van der Waals surface area contributed by atoms with Crippen molar-refractivity contribution in [3.63, 3.8) is 0 Å². The van der Waals surface area contributed by atoms with Crippen molar-refractivity contribution in [1.82, 2.24) is 10.3 Å². The Morgan fingerprint density at radius 1 is 1.22 bits per heavy atom. The lowest BCUT2D eigenvalue weighted by molar-refractivity contribution is -0.136. The Labute approximate surface area is 157 Å². The summed E-state index contributed by atoms with van der Waals surface area (Å²) in [5, 5.41) is 5.03. The quantitative estimate of drug-likeness (QED) is 0.761. The maximum atomic E-state index is 12.1. The lowest BCUT2D eigenvalue weighted by Crippen LogP contribution is -2.36. The first-order valence-electron chi connectivity index (χ1n) is 8.43. The van der Waals surface area contributed by atoms with Gasteiger partial charge in [-0.1, -0.05) is 12.1 Å². The third-order valence-electron chi connectivity index (χ3n) is 4.20. The molecule has 0 spiro atoms. The number of fused-ring (bicyclic) bond motifs is 1. The van der Waals surface area contributed by atoms with Crippen molar-refractivity contribution in [3.8, 4) is 0 Å². The Morgan fingerprint density at radius 2 is 2.04 bits per heavy atom. The van der Waals surface area contributed by atoms with E-state index in [-0.39, 0.29) is 6.54 Å². The highest BCUT2D eigenvalue weighted by molar-refractivity contribution is 7.92. The fourth-order valence-electron chi connectivity index (χ4n) is 2.92. The third kappa shape index (κ3) is 4.62. The number of hydrogen-bond acceptors (Lipinski definition) is 5. The Balaban J connectivity index is 1.68. The van der Waals surface area contributed by atoms with E-state index in [0.29, 0.717) is 17.9 Å². The number of aryl methyl sites for hydroxylation is 1. The minimum Gasteiger partial charge on any atom is -0.344 e. The molecule has 3 rings (SSSR count). The van der Waals surface area contributed by atoms with Gasteiger partial charge in [0.1, 0.15) is 0 Å². The van der Waals surface area contributed by atoms with Crippen LogP contribution in [0.4, 0.5) is 11.4 Å². The van der Waals surface area contributed by atoms with E-state index in [2.05, 4.69) is 15.6 Å². The SMILES string of the molecule is CS(=O)(=O)N1CCCc2ccc(NC(=O)C(=O)NCc3cccnc3)cc21. The molecule has 1 aliphatic heterocycles. The summed E-state index contributed by atoms with van der Waals surface area (Å²) >= 11 is 0. The van der Waals surface area contributed by atoms with E-state index in [0.717, 1.165) is 30.2 Å². The van der Waals surface area contributed by atoms with E-state index in [1.54, 1.807) is 42.7 Å². The summed E-state index contributed by atoms with van der Waals surface area (Å²) in [5.74, 6) is -1.60. The summed E-state index contributed by atoms with van der Waals surface area (Å²) in [5.41, 5.74) is 2.57. The number of hydrogen-bond donors (Lipinski definition) is 2. The van der Waals surface area contributed by atoms with Gasteiger partial charge in [-0.25, -0.2) is 8.42 Å². The minimum absolute atomic E-state index is 0.187. The lowest BCUT2D eigenvalue weighted by Gasteiger charge is -2.29. The van der Waals surface area contributed by atoms with Crippen molar-refractivity contribution < 1.29 is 18.0 Å². The zero-order chi connectivity index (χ0) is 19.4. The Hall–Kier alpha value is -2.94. The molecule has 0 fully saturated rings. The zero-order valence-corrected chi connectivity index (χ0v) is 15.6. The van der Waals surface area contributed by atoms with Gasteiger partial charge in [-0.05, 0) is 42.2 Å². The van der Waals surface area contributed by atoms with Gasteiger partial charge in [0.05, 0.1) is 11.9 Å². The Bertz CT molecular complexity index is 961. The monoisotopic (exact) mass is 388 g/mol. The molecule has 9 heteroatoms. The third-order valence-corrected chi connectivity index (χ3v) is 5.38. The number of carbonyl (C=O) groups is 2. The molecule has 0 atom stereocenters. The van der Waals surface area contributed by atoms with Crippen LogP contribution in [0.5, 0.6) is 0 Å². The maximum Gasteiger partial charge on any atom is 0.313 e. The van der Waals surface area contributed by atoms with Gasteiger partial charge in [0.2, 0.25) is 10.0 Å². The number of sulfonamides is 1. The number of nitrogens with zero attached hydrogens (tertiary/aromatic N) is 2. The van der Waals surface area contributed by atoms with Crippen LogP contribution in [-0.2, 0) is 32.6 Å². The van der Waals surface area contributed by atoms with Gasteiger partial charge >= 0.3 is 11.8 Å². The van der Waals surface area contributed by atoms with E-state index in [1.807, 2.05) is 0 Å². The molecular weight excluding hydrogens is 368 g/mol. The van der Waals surface area contributed by atoms with Crippen molar-refractivity contribution in [3.05, 3.63) is 53.9 Å². The summed E-state index contributed by atoms with van der Waals surface area (Å²) in [6.07, 6.45) is 5.87. The normalized spacial score (nSPS) is 13.6. The molecule has 0 bridgehead atoms. The molecule has 2 N–H and O–H groups in total. The topological polar surface area (TPSA) is 108 Å². The number of rotatable bonds is 4. The molecule has 0 unspecified atom stereocenters. The van der Waals surface area contributed by atoms with Crippen LogP contribution in [0.3, 0.4) is 0 Å². The maximum absolute atomic E-state index is 12.1. The van der Waals surface area contributed by atoms with Crippen LogP contribution >= 0.6 is 0 Å². The molecule has 2 aromatic rings. The second-order valence-electron chi connectivity index (χ2n) is 6.28. The van der Waals surface area contributed by atoms with Crippen LogP contribution in [0.2, 0.25) is 0 Å². The molecule has 27 heavy (non-hydrogen) atoms. The van der Waals surface area contributed by atoms with Crippen LogP contribution in [0, 0.1) is 0 Å². The fourth-order valence-corrected chi connectivity index (χ4v) is 3.90. The molecule has 1 aromatic carbocycles. The molecule has 0 saturated heterocycles. The van der Waals surface area contributed by atoms with E-state index in [9.17, 15) is 18.0 Å². The summed E-state index contributed by atoms with van der Waals surface area (Å²) in [6.45, 7) is 0.584. The average Bonchev–Trinajstić information content (AvgIpc) is 2.65. The number of anilines is 2. The average molecular weight is 388 g/mol. The van der Waals surface area contributed by atoms with Crippen molar-refractivity contribution >= 4 is 33.2 Å². The molecule has 0 saturated carbocycles. The van der Waals surface area contributed by atoms with Gasteiger partial charge in [0.25, 0.3) is 0 Å². The van der Waals surface area contributed by atoms with Crippen molar-refractivity contribution in [2.45, 2.75) is 19.4 Å². The lowest BCUT2D eigenvalue weighted by atomic mass is 10.0. The van der Waals surface area contributed by atoms with Gasteiger partial charge < -0.3 is 10.6 Å². The first-order chi connectivity index (χ1) is 12.8. The zero-order valence-electron chi connectivity index (χ0n) is 14.8. The number of carbonyl (C=O) groups excluding carboxylic acids is 2. The molecule has 2 heterocycles. The molecule has 8 nitrogen and oxygen atoms in total. The second kappa shape index (κ2) is 7.75. The molecule has 2 amide bonds. The van der Waals surface area contributed by atoms with Crippen LogP contribution in [0.1, 0.15) is 17.5 Å². The van der Waals surface area contributed by atoms with Crippen LogP contribution in [0.15, 0.2) is 42.7 Å². The van der Waals surface area contributed by atoms with Crippen LogP contribution in [0.25, 0.3) is 0 Å². The Kier molecular flexibility index (Phi) is 5.41. The number of pyridine rings is 1. The largest absolute Gasteiger partial charge is 0.344 e. The molecule has 0 radical (unpaired) electrons. The summed E-state index contributed by atoms with van der Waals surface area (Å²) < 4.78 is 25.3. The van der Waals surface area contributed by atoms with Gasteiger partial charge in [-0.3, -0.25) is 18.9 Å². The highest BCUT2D eigenvalue weighted by Crippen LogP contribution is 2.31.